The first-order valence-electron chi connectivity index (χ1n) is 8.13. The van der Waals surface area contributed by atoms with Crippen LogP contribution in [0.5, 0.6) is 5.75 Å². The summed E-state index contributed by atoms with van der Waals surface area (Å²) < 4.78 is 5.67. The molecule has 1 atom stereocenters. The molecule has 3 nitrogen and oxygen atoms in total. The number of benzene rings is 2. The van der Waals surface area contributed by atoms with Gasteiger partial charge in [-0.15, -0.1) is 0 Å². The van der Waals surface area contributed by atoms with Crippen molar-refractivity contribution >= 4 is 5.91 Å². The number of carbonyl (C=O) groups excluding carboxylic acids is 1. The van der Waals surface area contributed by atoms with Gasteiger partial charge in [-0.25, -0.2) is 0 Å². The third kappa shape index (κ3) is 5.13. The molecule has 0 N–H and O–H groups in total. The second-order valence-corrected chi connectivity index (χ2v) is 5.87. The number of ether oxygens (including phenoxy) is 1. The number of carbonyl (C=O) groups is 1. The monoisotopic (exact) mass is 311 g/mol. The van der Waals surface area contributed by atoms with Crippen LogP contribution in [0.4, 0.5) is 0 Å². The Morgan fingerprint density at radius 2 is 1.87 bits per heavy atom. The van der Waals surface area contributed by atoms with Gasteiger partial charge in [-0.1, -0.05) is 49.4 Å². The van der Waals surface area contributed by atoms with E-state index < -0.39 is 0 Å². The summed E-state index contributed by atoms with van der Waals surface area (Å²) in [5, 5.41) is 0. The number of aryl methyl sites for hydroxylation is 1. The van der Waals surface area contributed by atoms with Gasteiger partial charge in [0.1, 0.15) is 5.75 Å². The SMILES string of the molecule is CCC(C)N(Cc1ccccc1)C(=O)COc1cccc(C)c1. The fourth-order valence-corrected chi connectivity index (χ4v) is 2.42. The van der Waals surface area contributed by atoms with Gasteiger partial charge in [0.25, 0.3) is 5.91 Å². The number of hydrogen-bond acceptors (Lipinski definition) is 2. The Bertz CT molecular complexity index is 625. The van der Waals surface area contributed by atoms with Crippen LogP contribution in [0.15, 0.2) is 54.6 Å². The summed E-state index contributed by atoms with van der Waals surface area (Å²) in [7, 11) is 0. The van der Waals surface area contributed by atoms with Crippen LogP contribution in [-0.4, -0.2) is 23.5 Å². The molecule has 0 bridgehead atoms. The molecule has 0 heterocycles. The van der Waals surface area contributed by atoms with Crippen molar-refractivity contribution in [3.63, 3.8) is 0 Å². The fourth-order valence-electron chi connectivity index (χ4n) is 2.42. The van der Waals surface area contributed by atoms with Crippen LogP contribution >= 0.6 is 0 Å². The van der Waals surface area contributed by atoms with Gasteiger partial charge in [-0.2, -0.15) is 0 Å². The van der Waals surface area contributed by atoms with Gasteiger partial charge in [0, 0.05) is 12.6 Å². The average molecular weight is 311 g/mol. The molecule has 3 heteroatoms. The molecule has 0 aliphatic carbocycles. The molecule has 0 aromatic heterocycles. The minimum absolute atomic E-state index is 0.0182. The van der Waals surface area contributed by atoms with Crippen molar-refractivity contribution in [2.75, 3.05) is 6.61 Å². The molecule has 0 aliphatic heterocycles. The van der Waals surface area contributed by atoms with Crippen molar-refractivity contribution in [3.8, 4) is 5.75 Å². The molecule has 1 unspecified atom stereocenters. The first kappa shape index (κ1) is 17.1. The first-order valence-corrected chi connectivity index (χ1v) is 8.13. The molecule has 0 fully saturated rings. The lowest BCUT2D eigenvalue weighted by Gasteiger charge is -2.28. The molecular formula is C20H25NO2. The third-order valence-electron chi connectivity index (χ3n) is 3.99. The lowest BCUT2D eigenvalue weighted by molar-refractivity contribution is -0.136. The molecule has 23 heavy (non-hydrogen) atoms. The predicted molar refractivity (Wildman–Crippen MR) is 93.4 cm³/mol. The topological polar surface area (TPSA) is 29.5 Å². The molecule has 2 aromatic rings. The second kappa shape index (κ2) is 8.37. The van der Waals surface area contributed by atoms with Gasteiger partial charge in [-0.05, 0) is 43.5 Å². The molecule has 1 amide bonds. The standard InChI is InChI=1S/C20H25NO2/c1-4-17(3)21(14-18-10-6-5-7-11-18)20(22)15-23-19-12-8-9-16(2)13-19/h5-13,17H,4,14-15H2,1-3H3. The molecule has 0 saturated heterocycles. The minimum Gasteiger partial charge on any atom is -0.484 e. The van der Waals surface area contributed by atoms with E-state index in [4.69, 9.17) is 4.74 Å². The van der Waals surface area contributed by atoms with Crippen LogP contribution in [-0.2, 0) is 11.3 Å². The maximum absolute atomic E-state index is 12.6. The zero-order chi connectivity index (χ0) is 16.7. The average Bonchev–Trinajstić information content (AvgIpc) is 2.58. The maximum Gasteiger partial charge on any atom is 0.261 e. The molecule has 2 rings (SSSR count). The summed E-state index contributed by atoms with van der Waals surface area (Å²) in [6.45, 7) is 6.87. The van der Waals surface area contributed by atoms with E-state index in [1.54, 1.807) is 0 Å². The highest BCUT2D eigenvalue weighted by atomic mass is 16.5. The number of nitrogens with zero attached hydrogens (tertiary/aromatic N) is 1. The quantitative estimate of drug-likeness (QED) is 0.767. The summed E-state index contributed by atoms with van der Waals surface area (Å²) in [5.74, 6) is 0.756. The van der Waals surface area contributed by atoms with Crippen LogP contribution in [0.1, 0.15) is 31.4 Å². The number of hydrogen-bond donors (Lipinski definition) is 0. The molecular weight excluding hydrogens is 286 g/mol. The van der Waals surface area contributed by atoms with Crippen LogP contribution in [0.3, 0.4) is 0 Å². The van der Waals surface area contributed by atoms with Gasteiger partial charge < -0.3 is 9.64 Å². The molecule has 0 saturated carbocycles. The molecule has 0 radical (unpaired) electrons. The highest BCUT2D eigenvalue weighted by molar-refractivity contribution is 5.78. The third-order valence-corrected chi connectivity index (χ3v) is 3.99. The second-order valence-electron chi connectivity index (χ2n) is 5.87. The number of rotatable bonds is 7. The maximum atomic E-state index is 12.6. The lowest BCUT2D eigenvalue weighted by atomic mass is 10.1. The number of amides is 1. The van der Waals surface area contributed by atoms with Gasteiger partial charge in [0.15, 0.2) is 6.61 Å². The van der Waals surface area contributed by atoms with Crippen LogP contribution < -0.4 is 4.74 Å². The van der Waals surface area contributed by atoms with Crippen molar-refractivity contribution in [2.45, 2.75) is 39.8 Å². The van der Waals surface area contributed by atoms with Crippen LogP contribution in [0.25, 0.3) is 0 Å². The van der Waals surface area contributed by atoms with Crippen molar-refractivity contribution in [1.82, 2.24) is 4.90 Å². The zero-order valence-corrected chi connectivity index (χ0v) is 14.2. The Kier molecular flexibility index (Phi) is 6.21. The highest BCUT2D eigenvalue weighted by Crippen LogP contribution is 2.14. The summed E-state index contributed by atoms with van der Waals surface area (Å²) >= 11 is 0. The van der Waals surface area contributed by atoms with E-state index in [1.165, 1.54) is 0 Å². The van der Waals surface area contributed by atoms with E-state index in [0.29, 0.717) is 6.54 Å². The van der Waals surface area contributed by atoms with Crippen molar-refractivity contribution in [2.24, 2.45) is 0 Å². The van der Waals surface area contributed by atoms with Gasteiger partial charge >= 0.3 is 0 Å². The van der Waals surface area contributed by atoms with E-state index in [9.17, 15) is 4.79 Å². The summed E-state index contributed by atoms with van der Waals surface area (Å²) in [6.07, 6.45) is 0.920. The van der Waals surface area contributed by atoms with E-state index in [0.717, 1.165) is 23.3 Å². The van der Waals surface area contributed by atoms with Gasteiger partial charge in [-0.3, -0.25) is 4.79 Å². The summed E-state index contributed by atoms with van der Waals surface area (Å²) in [5.41, 5.74) is 2.26. The van der Waals surface area contributed by atoms with Crippen LogP contribution in [0.2, 0.25) is 0 Å². The molecule has 0 aliphatic rings. The molecule has 0 spiro atoms. The minimum atomic E-state index is 0.0182. The Balaban J connectivity index is 2.01. The van der Waals surface area contributed by atoms with E-state index >= 15 is 0 Å². The Morgan fingerprint density at radius 1 is 1.13 bits per heavy atom. The largest absolute Gasteiger partial charge is 0.484 e. The fraction of sp³-hybridized carbons (Fsp3) is 0.350. The Hall–Kier alpha value is -2.29. The van der Waals surface area contributed by atoms with Crippen molar-refractivity contribution < 1.29 is 9.53 Å². The Morgan fingerprint density at radius 3 is 2.52 bits per heavy atom. The van der Waals surface area contributed by atoms with Gasteiger partial charge in [0.2, 0.25) is 0 Å². The Labute approximate surface area is 138 Å². The van der Waals surface area contributed by atoms with Crippen molar-refractivity contribution in [3.05, 3.63) is 65.7 Å². The van der Waals surface area contributed by atoms with Crippen LogP contribution in [0, 0.1) is 6.92 Å². The molecule has 2 aromatic carbocycles. The highest BCUT2D eigenvalue weighted by Gasteiger charge is 2.19. The van der Waals surface area contributed by atoms with Crippen molar-refractivity contribution in [1.29, 1.82) is 0 Å². The smallest absolute Gasteiger partial charge is 0.261 e. The summed E-state index contributed by atoms with van der Waals surface area (Å²) in [6, 6.07) is 18.0. The lowest BCUT2D eigenvalue weighted by Crippen LogP contribution is -2.40. The molecule has 122 valence electrons. The van der Waals surface area contributed by atoms with E-state index in [-0.39, 0.29) is 18.6 Å². The first-order chi connectivity index (χ1) is 11.1. The summed E-state index contributed by atoms with van der Waals surface area (Å²) in [4.78, 5) is 14.5. The van der Waals surface area contributed by atoms with E-state index in [2.05, 4.69) is 13.8 Å². The predicted octanol–water partition coefficient (Wildman–Crippen LogP) is 4.20. The van der Waals surface area contributed by atoms with E-state index in [1.807, 2.05) is 66.4 Å². The normalized spacial score (nSPS) is 11.8. The van der Waals surface area contributed by atoms with Gasteiger partial charge in [0.05, 0.1) is 0 Å². The zero-order valence-electron chi connectivity index (χ0n) is 14.2.